The van der Waals surface area contributed by atoms with Gasteiger partial charge in [0, 0.05) is 12.6 Å². The molecule has 0 aliphatic rings. The molecule has 0 aliphatic carbocycles. The molecule has 0 saturated carbocycles. The van der Waals surface area contributed by atoms with Crippen molar-refractivity contribution in [1.82, 2.24) is 0 Å². The molecule has 1 rings (SSSR count). The van der Waals surface area contributed by atoms with Crippen LogP contribution in [0.4, 0.5) is 0 Å². The van der Waals surface area contributed by atoms with Crippen molar-refractivity contribution in [3.63, 3.8) is 0 Å². The third-order valence-electron chi connectivity index (χ3n) is 1.86. The Hall–Kier alpha value is -0.580. The van der Waals surface area contributed by atoms with Crippen LogP contribution in [-0.4, -0.2) is 13.7 Å². The summed E-state index contributed by atoms with van der Waals surface area (Å²) >= 11 is 3.38. The molecule has 1 unspecified atom stereocenters. The van der Waals surface area contributed by atoms with Crippen LogP contribution in [0.3, 0.4) is 0 Å². The summed E-state index contributed by atoms with van der Waals surface area (Å²) in [6, 6.07) is 5.61. The second kappa shape index (κ2) is 4.60. The molecule has 1 atom stereocenters. The van der Waals surface area contributed by atoms with Crippen molar-refractivity contribution in [1.29, 1.82) is 0 Å². The minimum absolute atomic E-state index is 0.109. The van der Waals surface area contributed by atoms with E-state index in [1.54, 1.807) is 7.11 Å². The average molecular weight is 245 g/mol. The molecule has 4 N–H and O–H groups in total. The van der Waals surface area contributed by atoms with E-state index in [0.717, 1.165) is 15.8 Å². The first-order valence-electron chi connectivity index (χ1n) is 3.98. The predicted octanol–water partition coefficient (Wildman–Crippen LogP) is 1.42. The Morgan fingerprint density at radius 3 is 2.69 bits per heavy atom. The van der Waals surface area contributed by atoms with Gasteiger partial charge in [-0.3, -0.25) is 0 Å². The van der Waals surface area contributed by atoms with Crippen molar-refractivity contribution < 1.29 is 4.74 Å². The first-order chi connectivity index (χ1) is 6.19. The van der Waals surface area contributed by atoms with Gasteiger partial charge in [0.1, 0.15) is 5.75 Å². The smallest absolute Gasteiger partial charge is 0.133 e. The quantitative estimate of drug-likeness (QED) is 0.846. The molecule has 1 aromatic rings. The van der Waals surface area contributed by atoms with Gasteiger partial charge in [0.15, 0.2) is 0 Å². The molecular weight excluding hydrogens is 232 g/mol. The van der Waals surface area contributed by atoms with Crippen LogP contribution in [0.2, 0.25) is 0 Å². The number of ether oxygens (including phenoxy) is 1. The zero-order valence-corrected chi connectivity index (χ0v) is 9.04. The van der Waals surface area contributed by atoms with Crippen LogP contribution in [-0.2, 0) is 0 Å². The Bertz CT molecular complexity index is 291. The molecule has 0 spiro atoms. The molecule has 4 heteroatoms. The van der Waals surface area contributed by atoms with Crippen molar-refractivity contribution in [2.45, 2.75) is 6.04 Å². The molecule has 3 nitrogen and oxygen atoms in total. The minimum atomic E-state index is -0.109. The molecule has 1 aromatic carbocycles. The Kier molecular flexibility index (Phi) is 3.71. The summed E-state index contributed by atoms with van der Waals surface area (Å²) in [4.78, 5) is 0. The summed E-state index contributed by atoms with van der Waals surface area (Å²) in [6.45, 7) is 0.443. The van der Waals surface area contributed by atoms with Gasteiger partial charge in [0.2, 0.25) is 0 Å². The summed E-state index contributed by atoms with van der Waals surface area (Å²) < 4.78 is 5.99. The number of hydrogen-bond donors (Lipinski definition) is 2. The van der Waals surface area contributed by atoms with Gasteiger partial charge < -0.3 is 16.2 Å². The lowest BCUT2D eigenvalue weighted by Gasteiger charge is -2.11. The van der Waals surface area contributed by atoms with Gasteiger partial charge in [-0.25, -0.2) is 0 Å². The van der Waals surface area contributed by atoms with Gasteiger partial charge in [-0.2, -0.15) is 0 Å². The van der Waals surface area contributed by atoms with Crippen LogP contribution in [0.15, 0.2) is 22.7 Å². The SMILES string of the molecule is COc1ccc(C(N)CN)cc1Br. The molecule has 0 saturated heterocycles. The van der Waals surface area contributed by atoms with Crippen molar-refractivity contribution in [3.8, 4) is 5.75 Å². The molecule has 0 radical (unpaired) electrons. The highest BCUT2D eigenvalue weighted by Gasteiger charge is 2.06. The van der Waals surface area contributed by atoms with E-state index in [4.69, 9.17) is 16.2 Å². The zero-order valence-electron chi connectivity index (χ0n) is 7.46. The lowest BCUT2D eigenvalue weighted by atomic mass is 10.1. The fraction of sp³-hybridized carbons (Fsp3) is 0.333. The molecule has 0 heterocycles. The summed E-state index contributed by atoms with van der Waals surface area (Å²) in [5.74, 6) is 0.799. The number of benzene rings is 1. The molecule has 0 bridgehead atoms. The second-order valence-electron chi connectivity index (χ2n) is 2.74. The average Bonchev–Trinajstić information content (AvgIpc) is 2.16. The molecule has 0 fully saturated rings. The van der Waals surface area contributed by atoms with Crippen LogP contribution in [0, 0.1) is 0 Å². The molecule has 13 heavy (non-hydrogen) atoms. The Labute approximate surface area is 86.2 Å². The number of rotatable bonds is 3. The molecule has 0 amide bonds. The van der Waals surface area contributed by atoms with Crippen molar-refractivity contribution in [3.05, 3.63) is 28.2 Å². The van der Waals surface area contributed by atoms with E-state index in [-0.39, 0.29) is 6.04 Å². The predicted molar refractivity (Wildman–Crippen MR) is 56.7 cm³/mol. The van der Waals surface area contributed by atoms with Crippen LogP contribution in [0.5, 0.6) is 5.75 Å². The standard InChI is InChI=1S/C9H13BrN2O/c1-13-9-3-2-6(4-7(9)10)8(12)5-11/h2-4,8H,5,11-12H2,1H3. The number of nitrogens with two attached hydrogens (primary N) is 2. The maximum atomic E-state index is 5.77. The first kappa shape index (κ1) is 10.5. The fourth-order valence-electron chi connectivity index (χ4n) is 1.05. The van der Waals surface area contributed by atoms with E-state index in [2.05, 4.69) is 15.9 Å². The maximum absolute atomic E-state index is 5.77. The summed E-state index contributed by atoms with van der Waals surface area (Å²) in [7, 11) is 1.63. The number of methoxy groups -OCH3 is 1. The van der Waals surface area contributed by atoms with E-state index < -0.39 is 0 Å². The Morgan fingerprint density at radius 1 is 1.54 bits per heavy atom. The van der Waals surface area contributed by atoms with E-state index >= 15 is 0 Å². The Balaban J connectivity index is 2.95. The van der Waals surface area contributed by atoms with E-state index in [0.29, 0.717) is 6.54 Å². The monoisotopic (exact) mass is 244 g/mol. The normalized spacial score (nSPS) is 12.6. The third-order valence-corrected chi connectivity index (χ3v) is 2.48. The third kappa shape index (κ3) is 2.43. The molecule has 0 aliphatic heterocycles. The van der Waals surface area contributed by atoms with Gasteiger partial charge in [0.05, 0.1) is 11.6 Å². The van der Waals surface area contributed by atoms with Crippen LogP contribution >= 0.6 is 15.9 Å². The first-order valence-corrected chi connectivity index (χ1v) is 4.77. The molecule has 72 valence electrons. The number of hydrogen-bond acceptors (Lipinski definition) is 3. The Morgan fingerprint density at radius 2 is 2.23 bits per heavy atom. The number of halogens is 1. The van der Waals surface area contributed by atoms with Gasteiger partial charge in [0.25, 0.3) is 0 Å². The van der Waals surface area contributed by atoms with Gasteiger partial charge >= 0.3 is 0 Å². The van der Waals surface area contributed by atoms with Crippen molar-refractivity contribution in [2.24, 2.45) is 11.5 Å². The molecule has 0 aromatic heterocycles. The van der Waals surface area contributed by atoms with Gasteiger partial charge in [-0.05, 0) is 33.6 Å². The van der Waals surface area contributed by atoms with E-state index in [1.807, 2.05) is 18.2 Å². The van der Waals surface area contributed by atoms with Crippen LogP contribution in [0.25, 0.3) is 0 Å². The van der Waals surface area contributed by atoms with Crippen molar-refractivity contribution in [2.75, 3.05) is 13.7 Å². The lowest BCUT2D eigenvalue weighted by molar-refractivity contribution is 0.412. The summed E-state index contributed by atoms with van der Waals surface area (Å²) in [5, 5.41) is 0. The van der Waals surface area contributed by atoms with Gasteiger partial charge in [-0.1, -0.05) is 6.07 Å². The topological polar surface area (TPSA) is 61.3 Å². The highest BCUT2D eigenvalue weighted by atomic mass is 79.9. The second-order valence-corrected chi connectivity index (χ2v) is 3.59. The maximum Gasteiger partial charge on any atom is 0.133 e. The van der Waals surface area contributed by atoms with Gasteiger partial charge in [-0.15, -0.1) is 0 Å². The largest absolute Gasteiger partial charge is 0.496 e. The van der Waals surface area contributed by atoms with Crippen molar-refractivity contribution >= 4 is 15.9 Å². The van der Waals surface area contributed by atoms with E-state index in [9.17, 15) is 0 Å². The summed E-state index contributed by atoms with van der Waals surface area (Å²) in [5.41, 5.74) is 12.2. The zero-order chi connectivity index (χ0) is 9.84. The highest BCUT2D eigenvalue weighted by Crippen LogP contribution is 2.27. The summed E-state index contributed by atoms with van der Waals surface area (Å²) in [6.07, 6.45) is 0. The lowest BCUT2D eigenvalue weighted by Crippen LogP contribution is -2.20. The minimum Gasteiger partial charge on any atom is -0.496 e. The molecular formula is C9H13BrN2O. The van der Waals surface area contributed by atoms with Crippen LogP contribution < -0.4 is 16.2 Å². The highest BCUT2D eigenvalue weighted by molar-refractivity contribution is 9.10. The van der Waals surface area contributed by atoms with E-state index in [1.165, 1.54) is 0 Å². The van der Waals surface area contributed by atoms with Crippen LogP contribution in [0.1, 0.15) is 11.6 Å². The fourth-order valence-corrected chi connectivity index (χ4v) is 1.61.